The minimum absolute atomic E-state index is 0.156. The number of aromatic nitrogens is 3. The largest absolute Gasteiger partial charge is 0.496 e. The van der Waals surface area contributed by atoms with E-state index >= 15 is 0 Å². The summed E-state index contributed by atoms with van der Waals surface area (Å²) in [5.74, 6) is 0.822. The molecule has 0 fully saturated rings. The van der Waals surface area contributed by atoms with E-state index in [0.717, 1.165) is 11.3 Å². The molecule has 7 nitrogen and oxygen atoms in total. The summed E-state index contributed by atoms with van der Waals surface area (Å²) in [5, 5.41) is 12.8. The van der Waals surface area contributed by atoms with Crippen LogP contribution in [0.5, 0.6) is 11.5 Å². The number of pyridine rings is 1. The molecule has 1 N–H and O–H groups in total. The van der Waals surface area contributed by atoms with Crippen LogP contribution < -0.4 is 14.8 Å². The molecule has 0 aliphatic carbocycles. The standard InChI is InChI=1S/C23H18Cl2N4O3S/c1-13-7-18(17-5-3-4-6-20(17)31-2)19(11-26-13)22(30)27-23-29-28-21(33-23)12-32-16-9-14(24)8-15(25)10-16/h3-11H,12H2,1-2H3,(H,27,29,30). The SMILES string of the molecule is COc1ccccc1-c1cc(C)ncc1C(=O)Nc1nnc(COc2cc(Cl)cc(Cl)c2)s1. The molecule has 0 saturated carbocycles. The van der Waals surface area contributed by atoms with Gasteiger partial charge in [-0.05, 0) is 37.3 Å². The molecule has 4 aromatic rings. The molecule has 0 radical (unpaired) electrons. The first kappa shape index (κ1) is 23.0. The Balaban J connectivity index is 1.51. The first-order chi connectivity index (χ1) is 15.9. The summed E-state index contributed by atoms with van der Waals surface area (Å²) in [5.41, 5.74) is 2.68. The molecule has 10 heteroatoms. The lowest BCUT2D eigenvalue weighted by atomic mass is 9.99. The summed E-state index contributed by atoms with van der Waals surface area (Å²) < 4.78 is 11.1. The van der Waals surface area contributed by atoms with Gasteiger partial charge in [0.1, 0.15) is 18.1 Å². The highest BCUT2D eigenvalue weighted by Crippen LogP contribution is 2.33. The van der Waals surface area contributed by atoms with E-state index in [2.05, 4.69) is 20.5 Å². The zero-order valence-electron chi connectivity index (χ0n) is 17.6. The molecule has 2 heterocycles. The van der Waals surface area contributed by atoms with Crippen molar-refractivity contribution in [2.75, 3.05) is 12.4 Å². The molecular weight excluding hydrogens is 483 g/mol. The van der Waals surface area contributed by atoms with Crippen molar-refractivity contribution >= 4 is 45.6 Å². The van der Waals surface area contributed by atoms with Gasteiger partial charge in [0.2, 0.25) is 5.13 Å². The van der Waals surface area contributed by atoms with E-state index in [1.54, 1.807) is 31.5 Å². The van der Waals surface area contributed by atoms with Crippen LogP contribution >= 0.6 is 34.5 Å². The number of rotatable bonds is 7. The predicted molar refractivity (Wildman–Crippen MR) is 130 cm³/mol. The monoisotopic (exact) mass is 500 g/mol. The van der Waals surface area contributed by atoms with E-state index in [0.29, 0.717) is 42.8 Å². The van der Waals surface area contributed by atoms with Gasteiger partial charge < -0.3 is 9.47 Å². The number of methoxy groups -OCH3 is 1. The van der Waals surface area contributed by atoms with Gasteiger partial charge in [-0.25, -0.2) is 0 Å². The average Bonchev–Trinajstić information content (AvgIpc) is 3.24. The van der Waals surface area contributed by atoms with Crippen LogP contribution in [0.4, 0.5) is 5.13 Å². The quantitative estimate of drug-likeness (QED) is 0.332. The third kappa shape index (κ3) is 5.60. The lowest BCUT2D eigenvalue weighted by Gasteiger charge is -2.13. The van der Waals surface area contributed by atoms with Gasteiger partial charge in [0.15, 0.2) is 5.01 Å². The van der Waals surface area contributed by atoms with Gasteiger partial charge in [-0.3, -0.25) is 15.1 Å². The van der Waals surface area contributed by atoms with Crippen LogP contribution in [-0.2, 0) is 6.61 Å². The van der Waals surface area contributed by atoms with Crippen LogP contribution in [0.2, 0.25) is 10.0 Å². The molecule has 0 aliphatic rings. The zero-order valence-corrected chi connectivity index (χ0v) is 20.0. The van der Waals surface area contributed by atoms with Crippen molar-refractivity contribution in [2.45, 2.75) is 13.5 Å². The fourth-order valence-corrected chi connectivity index (χ4v) is 4.27. The highest BCUT2D eigenvalue weighted by molar-refractivity contribution is 7.15. The number of carbonyl (C=O) groups is 1. The molecule has 0 saturated heterocycles. The lowest BCUT2D eigenvalue weighted by Crippen LogP contribution is -2.14. The molecule has 0 spiro atoms. The fraction of sp³-hybridized carbons (Fsp3) is 0.130. The van der Waals surface area contributed by atoms with Crippen molar-refractivity contribution in [2.24, 2.45) is 0 Å². The number of para-hydroxylation sites is 1. The second kappa shape index (κ2) is 10.2. The first-order valence-electron chi connectivity index (χ1n) is 9.75. The Morgan fingerprint density at radius 1 is 1.06 bits per heavy atom. The van der Waals surface area contributed by atoms with Crippen LogP contribution in [0.3, 0.4) is 0 Å². The number of hydrogen-bond acceptors (Lipinski definition) is 7. The normalized spacial score (nSPS) is 10.7. The number of carbonyl (C=O) groups excluding carboxylic acids is 1. The molecule has 168 valence electrons. The van der Waals surface area contributed by atoms with Crippen LogP contribution in [-0.4, -0.2) is 28.2 Å². The van der Waals surface area contributed by atoms with E-state index in [4.69, 9.17) is 32.7 Å². The van der Waals surface area contributed by atoms with Crippen LogP contribution in [0, 0.1) is 6.92 Å². The summed E-state index contributed by atoms with van der Waals surface area (Å²) in [7, 11) is 1.59. The second-order valence-electron chi connectivity index (χ2n) is 6.92. The summed E-state index contributed by atoms with van der Waals surface area (Å²) in [6.45, 7) is 2.02. The highest BCUT2D eigenvalue weighted by Gasteiger charge is 2.18. The second-order valence-corrected chi connectivity index (χ2v) is 8.86. The third-order valence-corrected chi connectivity index (χ3v) is 5.82. The maximum absolute atomic E-state index is 13.1. The number of hydrogen-bond donors (Lipinski definition) is 1. The number of ether oxygens (including phenoxy) is 2. The molecule has 4 rings (SSSR count). The number of aryl methyl sites for hydroxylation is 1. The minimum Gasteiger partial charge on any atom is -0.496 e. The average molecular weight is 501 g/mol. The summed E-state index contributed by atoms with van der Waals surface area (Å²) in [6, 6.07) is 14.3. The molecule has 33 heavy (non-hydrogen) atoms. The lowest BCUT2D eigenvalue weighted by molar-refractivity contribution is 0.102. The van der Waals surface area contributed by atoms with Gasteiger partial charge >= 0.3 is 0 Å². The summed E-state index contributed by atoms with van der Waals surface area (Å²) in [6.07, 6.45) is 1.54. The number of amides is 1. The van der Waals surface area contributed by atoms with Gasteiger partial charge in [-0.2, -0.15) is 0 Å². The van der Waals surface area contributed by atoms with E-state index in [-0.39, 0.29) is 12.5 Å². The first-order valence-corrected chi connectivity index (χ1v) is 11.3. The van der Waals surface area contributed by atoms with Crippen LogP contribution in [0.25, 0.3) is 11.1 Å². The third-order valence-electron chi connectivity index (χ3n) is 4.57. The summed E-state index contributed by atoms with van der Waals surface area (Å²) >= 11 is 13.2. The highest BCUT2D eigenvalue weighted by atomic mass is 35.5. The van der Waals surface area contributed by atoms with Crippen molar-refractivity contribution < 1.29 is 14.3 Å². The maximum Gasteiger partial charge on any atom is 0.259 e. The maximum atomic E-state index is 13.1. The molecule has 2 aromatic carbocycles. The molecule has 0 aliphatic heterocycles. The summed E-state index contributed by atoms with van der Waals surface area (Å²) in [4.78, 5) is 17.4. The van der Waals surface area contributed by atoms with Gasteiger partial charge in [-0.1, -0.05) is 52.7 Å². The van der Waals surface area contributed by atoms with E-state index in [1.807, 2.05) is 37.3 Å². The van der Waals surface area contributed by atoms with E-state index in [9.17, 15) is 4.79 Å². The van der Waals surface area contributed by atoms with E-state index in [1.165, 1.54) is 11.3 Å². The number of halogens is 2. The Bertz CT molecular complexity index is 1290. The predicted octanol–water partition coefficient (Wildman–Crippen LogP) is 6.06. The Kier molecular flexibility index (Phi) is 7.08. The number of nitrogens with zero attached hydrogens (tertiary/aromatic N) is 3. The van der Waals surface area contributed by atoms with Crippen molar-refractivity contribution in [3.63, 3.8) is 0 Å². The Morgan fingerprint density at radius 2 is 1.82 bits per heavy atom. The number of nitrogens with one attached hydrogen (secondary N) is 1. The molecule has 0 bridgehead atoms. The van der Waals surface area contributed by atoms with Crippen LogP contribution in [0.1, 0.15) is 21.1 Å². The minimum atomic E-state index is -0.353. The number of anilines is 1. The van der Waals surface area contributed by atoms with Crippen molar-refractivity contribution in [3.8, 4) is 22.6 Å². The molecular formula is C23H18Cl2N4O3S. The topological polar surface area (TPSA) is 86.2 Å². The Labute approximate surface area is 204 Å². The number of benzene rings is 2. The van der Waals surface area contributed by atoms with E-state index < -0.39 is 0 Å². The van der Waals surface area contributed by atoms with Crippen molar-refractivity contribution in [1.29, 1.82) is 0 Å². The fourth-order valence-electron chi connectivity index (χ4n) is 3.11. The van der Waals surface area contributed by atoms with Crippen LogP contribution in [0.15, 0.2) is 54.7 Å². The molecule has 0 atom stereocenters. The Hall–Kier alpha value is -3.20. The molecule has 0 unspecified atom stereocenters. The van der Waals surface area contributed by atoms with Gasteiger partial charge in [0, 0.05) is 33.1 Å². The van der Waals surface area contributed by atoms with Gasteiger partial charge in [-0.15, -0.1) is 10.2 Å². The van der Waals surface area contributed by atoms with Gasteiger partial charge in [0.25, 0.3) is 5.91 Å². The van der Waals surface area contributed by atoms with Gasteiger partial charge in [0.05, 0.1) is 12.7 Å². The Morgan fingerprint density at radius 3 is 2.58 bits per heavy atom. The van der Waals surface area contributed by atoms with Crippen molar-refractivity contribution in [1.82, 2.24) is 15.2 Å². The van der Waals surface area contributed by atoms with Crippen molar-refractivity contribution in [3.05, 3.63) is 81.0 Å². The zero-order chi connectivity index (χ0) is 23.4. The molecule has 1 amide bonds. The molecule has 2 aromatic heterocycles. The smallest absolute Gasteiger partial charge is 0.259 e.